The van der Waals surface area contributed by atoms with Crippen LogP contribution in [0.4, 0.5) is 11.4 Å². The maximum Gasteiger partial charge on any atom is 0.229 e. The van der Waals surface area contributed by atoms with Gasteiger partial charge in [-0.1, -0.05) is 11.6 Å². The van der Waals surface area contributed by atoms with E-state index in [1.54, 1.807) is 41.3 Å². The fourth-order valence-corrected chi connectivity index (χ4v) is 3.64. The number of hydrogen-bond acceptors (Lipinski definition) is 5. The summed E-state index contributed by atoms with van der Waals surface area (Å²) in [6, 6.07) is 10.4. The van der Waals surface area contributed by atoms with Gasteiger partial charge in [0.05, 0.1) is 31.9 Å². The second-order valence-corrected chi connectivity index (χ2v) is 7.36. The highest BCUT2D eigenvalue weighted by Gasteiger charge is 2.36. The van der Waals surface area contributed by atoms with Crippen molar-refractivity contribution in [2.75, 3.05) is 37.1 Å². The predicted molar refractivity (Wildman–Crippen MR) is 109 cm³/mol. The lowest BCUT2D eigenvalue weighted by Gasteiger charge is -2.20. The van der Waals surface area contributed by atoms with Gasteiger partial charge in [-0.3, -0.25) is 9.59 Å². The Kier molecular flexibility index (Phi) is 5.49. The van der Waals surface area contributed by atoms with Crippen molar-refractivity contribution < 1.29 is 23.8 Å². The van der Waals surface area contributed by atoms with E-state index in [0.717, 1.165) is 6.42 Å². The van der Waals surface area contributed by atoms with Crippen LogP contribution < -0.4 is 24.4 Å². The smallest absolute Gasteiger partial charge is 0.229 e. The molecule has 2 heterocycles. The van der Waals surface area contributed by atoms with Crippen molar-refractivity contribution in [3.63, 3.8) is 0 Å². The molecule has 0 aromatic heterocycles. The van der Waals surface area contributed by atoms with Crippen molar-refractivity contribution >= 4 is 34.8 Å². The van der Waals surface area contributed by atoms with Gasteiger partial charge in [-0.2, -0.15) is 0 Å². The standard InChI is InChI=1S/C21H21ClN2O5/c1-27-17-5-3-14(22)10-16(17)24-12-13(9-20(24)25)21(26)23-15-4-6-18-19(11-15)29-8-2-7-28-18/h3-6,10-11,13H,2,7-9,12H2,1H3,(H,23,26). The van der Waals surface area contributed by atoms with Gasteiger partial charge >= 0.3 is 0 Å². The van der Waals surface area contributed by atoms with E-state index in [1.165, 1.54) is 7.11 Å². The molecule has 2 aliphatic rings. The van der Waals surface area contributed by atoms with E-state index in [2.05, 4.69) is 5.32 Å². The first-order chi connectivity index (χ1) is 14.0. The highest BCUT2D eigenvalue weighted by Crippen LogP contribution is 2.36. The van der Waals surface area contributed by atoms with E-state index in [0.29, 0.717) is 46.9 Å². The molecule has 0 radical (unpaired) electrons. The Morgan fingerprint density at radius 3 is 2.76 bits per heavy atom. The molecule has 2 aromatic rings. The number of hydrogen-bond donors (Lipinski definition) is 1. The van der Waals surface area contributed by atoms with E-state index >= 15 is 0 Å². The number of methoxy groups -OCH3 is 1. The monoisotopic (exact) mass is 416 g/mol. The van der Waals surface area contributed by atoms with Crippen molar-refractivity contribution in [3.8, 4) is 17.2 Å². The summed E-state index contributed by atoms with van der Waals surface area (Å²) in [6.07, 6.45) is 0.926. The molecule has 0 spiro atoms. The molecule has 1 saturated heterocycles. The number of carbonyl (C=O) groups is 2. The van der Waals surface area contributed by atoms with Gasteiger partial charge in [0, 0.05) is 36.2 Å². The molecule has 0 aliphatic carbocycles. The summed E-state index contributed by atoms with van der Waals surface area (Å²) in [5, 5.41) is 3.37. The number of benzene rings is 2. The van der Waals surface area contributed by atoms with Gasteiger partial charge in [0.15, 0.2) is 11.5 Å². The fourth-order valence-electron chi connectivity index (χ4n) is 3.48. The molecule has 0 saturated carbocycles. The number of anilines is 2. The average Bonchev–Trinajstić information content (AvgIpc) is 2.95. The van der Waals surface area contributed by atoms with Crippen LogP contribution >= 0.6 is 11.6 Å². The third-order valence-corrected chi connectivity index (χ3v) is 5.18. The largest absolute Gasteiger partial charge is 0.495 e. The maximum atomic E-state index is 12.8. The summed E-state index contributed by atoms with van der Waals surface area (Å²) in [7, 11) is 1.53. The lowest BCUT2D eigenvalue weighted by molar-refractivity contribution is -0.122. The summed E-state index contributed by atoms with van der Waals surface area (Å²) in [5.41, 5.74) is 1.17. The fraction of sp³-hybridized carbons (Fsp3) is 0.333. The normalized spacial score (nSPS) is 18.3. The summed E-state index contributed by atoms with van der Waals surface area (Å²) >= 11 is 6.08. The molecule has 152 valence electrons. The van der Waals surface area contributed by atoms with Crippen molar-refractivity contribution in [1.82, 2.24) is 0 Å². The second kappa shape index (κ2) is 8.21. The van der Waals surface area contributed by atoms with E-state index in [9.17, 15) is 9.59 Å². The van der Waals surface area contributed by atoms with Crippen molar-refractivity contribution in [2.24, 2.45) is 5.92 Å². The lowest BCUT2D eigenvalue weighted by atomic mass is 10.1. The Morgan fingerprint density at radius 2 is 1.97 bits per heavy atom. The highest BCUT2D eigenvalue weighted by atomic mass is 35.5. The van der Waals surface area contributed by atoms with Crippen LogP contribution in [0.5, 0.6) is 17.2 Å². The number of fused-ring (bicyclic) bond motifs is 1. The van der Waals surface area contributed by atoms with Gasteiger partial charge in [-0.05, 0) is 30.3 Å². The molecule has 29 heavy (non-hydrogen) atoms. The summed E-state index contributed by atoms with van der Waals surface area (Å²) in [6.45, 7) is 1.43. The lowest BCUT2D eigenvalue weighted by Crippen LogP contribution is -2.28. The zero-order valence-electron chi connectivity index (χ0n) is 15.9. The third kappa shape index (κ3) is 4.10. The molecule has 4 rings (SSSR count). The zero-order chi connectivity index (χ0) is 20.4. The van der Waals surface area contributed by atoms with Crippen molar-refractivity contribution in [1.29, 1.82) is 0 Å². The van der Waals surface area contributed by atoms with E-state index in [-0.39, 0.29) is 24.8 Å². The zero-order valence-corrected chi connectivity index (χ0v) is 16.7. The van der Waals surface area contributed by atoms with Crippen LogP contribution in [0.1, 0.15) is 12.8 Å². The Balaban J connectivity index is 1.47. The molecule has 2 aliphatic heterocycles. The van der Waals surface area contributed by atoms with Crippen LogP contribution in [0.3, 0.4) is 0 Å². The molecule has 1 fully saturated rings. The first-order valence-corrected chi connectivity index (χ1v) is 9.77. The van der Waals surface area contributed by atoms with Crippen LogP contribution in [0, 0.1) is 5.92 Å². The molecule has 8 heteroatoms. The van der Waals surface area contributed by atoms with Gasteiger partial charge in [-0.15, -0.1) is 0 Å². The SMILES string of the molecule is COc1ccc(Cl)cc1N1CC(C(=O)Nc2ccc3c(c2)OCCCO3)CC1=O. The van der Waals surface area contributed by atoms with Crippen LogP contribution in [-0.4, -0.2) is 38.7 Å². The van der Waals surface area contributed by atoms with E-state index in [4.69, 9.17) is 25.8 Å². The minimum Gasteiger partial charge on any atom is -0.495 e. The first-order valence-electron chi connectivity index (χ1n) is 9.39. The highest BCUT2D eigenvalue weighted by molar-refractivity contribution is 6.31. The summed E-state index contributed by atoms with van der Waals surface area (Å²) in [4.78, 5) is 26.9. The Hall–Kier alpha value is -2.93. The molecule has 1 unspecified atom stereocenters. The molecule has 1 atom stereocenters. The molecule has 7 nitrogen and oxygen atoms in total. The maximum absolute atomic E-state index is 12.8. The van der Waals surface area contributed by atoms with E-state index < -0.39 is 5.92 Å². The topological polar surface area (TPSA) is 77.1 Å². The number of carbonyl (C=O) groups excluding carboxylic acids is 2. The van der Waals surface area contributed by atoms with Gasteiger partial charge in [0.25, 0.3) is 0 Å². The van der Waals surface area contributed by atoms with Gasteiger partial charge in [0.2, 0.25) is 11.8 Å². The number of rotatable bonds is 4. The molecule has 2 aromatic carbocycles. The van der Waals surface area contributed by atoms with Crippen LogP contribution in [0.15, 0.2) is 36.4 Å². The molecular weight excluding hydrogens is 396 g/mol. The Labute approximate surface area is 173 Å². The minimum absolute atomic E-state index is 0.117. The molecule has 1 N–H and O–H groups in total. The predicted octanol–water partition coefficient (Wildman–Crippen LogP) is 3.50. The van der Waals surface area contributed by atoms with E-state index in [1.807, 2.05) is 0 Å². The third-order valence-electron chi connectivity index (χ3n) is 4.94. The number of halogens is 1. The molecule has 0 bridgehead atoms. The van der Waals surface area contributed by atoms with Gasteiger partial charge in [-0.25, -0.2) is 0 Å². The van der Waals surface area contributed by atoms with Crippen molar-refractivity contribution in [2.45, 2.75) is 12.8 Å². The number of amides is 2. The van der Waals surface area contributed by atoms with Gasteiger partial charge in [0.1, 0.15) is 5.75 Å². The second-order valence-electron chi connectivity index (χ2n) is 6.92. The summed E-state index contributed by atoms with van der Waals surface area (Å²) < 4.78 is 16.6. The van der Waals surface area contributed by atoms with Crippen molar-refractivity contribution in [3.05, 3.63) is 41.4 Å². The van der Waals surface area contributed by atoms with Crippen LogP contribution in [-0.2, 0) is 9.59 Å². The number of ether oxygens (including phenoxy) is 3. The Bertz CT molecular complexity index is 949. The number of nitrogens with one attached hydrogen (secondary N) is 1. The molecule has 2 amide bonds. The number of nitrogens with zero attached hydrogens (tertiary/aromatic N) is 1. The Morgan fingerprint density at radius 1 is 1.17 bits per heavy atom. The quantitative estimate of drug-likeness (QED) is 0.825. The summed E-state index contributed by atoms with van der Waals surface area (Å²) in [5.74, 6) is 0.943. The van der Waals surface area contributed by atoms with Crippen LogP contribution in [0.25, 0.3) is 0 Å². The first kappa shape index (κ1) is 19.4. The van der Waals surface area contributed by atoms with Gasteiger partial charge < -0.3 is 24.4 Å². The van der Waals surface area contributed by atoms with Crippen LogP contribution in [0.2, 0.25) is 5.02 Å². The average molecular weight is 417 g/mol. The molecular formula is C21H21ClN2O5. The minimum atomic E-state index is -0.484.